The van der Waals surface area contributed by atoms with Crippen LogP contribution in [-0.4, -0.2) is 62.8 Å². The molecular weight excluding hydrogens is 326 g/mol. The fourth-order valence-electron chi connectivity index (χ4n) is 3.10. The number of fused-ring (bicyclic) bond motifs is 1. The SMILES string of the molecule is Cc1cccc2c(S(=O)(=O)NN3CCN(CCO)CC3)cccc12. The molecule has 0 spiro atoms. The number of piperazine rings is 1. The van der Waals surface area contributed by atoms with Gasteiger partial charge in [-0.25, -0.2) is 13.4 Å². The number of nitrogens with one attached hydrogen (secondary N) is 1. The van der Waals surface area contributed by atoms with Gasteiger partial charge in [-0.1, -0.05) is 30.3 Å². The number of hydrogen-bond acceptors (Lipinski definition) is 5. The monoisotopic (exact) mass is 349 g/mol. The van der Waals surface area contributed by atoms with Crippen molar-refractivity contribution in [1.82, 2.24) is 14.7 Å². The first kappa shape index (κ1) is 17.3. The predicted molar refractivity (Wildman–Crippen MR) is 94.1 cm³/mol. The molecule has 1 fully saturated rings. The van der Waals surface area contributed by atoms with E-state index in [1.807, 2.05) is 31.2 Å². The maximum Gasteiger partial charge on any atom is 0.254 e. The first-order valence-corrected chi connectivity index (χ1v) is 9.58. The minimum Gasteiger partial charge on any atom is -0.395 e. The summed E-state index contributed by atoms with van der Waals surface area (Å²) in [6.45, 7) is 5.40. The number of sulfonamides is 1. The van der Waals surface area contributed by atoms with E-state index in [1.54, 1.807) is 17.1 Å². The van der Waals surface area contributed by atoms with Crippen molar-refractivity contribution in [2.75, 3.05) is 39.3 Å². The fourth-order valence-corrected chi connectivity index (χ4v) is 4.44. The molecule has 130 valence electrons. The molecule has 6 nitrogen and oxygen atoms in total. The van der Waals surface area contributed by atoms with Crippen LogP contribution in [0.2, 0.25) is 0 Å². The molecule has 1 heterocycles. The first-order chi connectivity index (χ1) is 11.5. The number of hydrogen-bond donors (Lipinski definition) is 2. The third-order valence-electron chi connectivity index (χ3n) is 4.43. The number of rotatable bonds is 5. The van der Waals surface area contributed by atoms with Crippen LogP contribution in [0.15, 0.2) is 41.3 Å². The molecular formula is C17H23N3O3S. The quantitative estimate of drug-likeness (QED) is 0.841. The van der Waals surface area contributed by atoms with Crippen LogP contribution in [0.25, 0.3) is 10.8 Å². The van der Waals surface area contributed by atoms with E-state index in [0.717, 1.165) is 29.4 Å². The van der Waals surface area contributed by atoms with Gasteiger partial charge in [0.25, 0.3) is 10.0 Å². The smallest absolute Gasteiger partial charge is 0.254 e. The van der Waals surface area contributed by atoms with E-state index < -0.39 is 10.0 Å². The average Bonchev–Trinajstić information content (AvgIpc) is 2.56. The standard InChI is InChI=1S/C17H23N3O3S/c1-14-4-2-6-16-15(14)5-3-7-17(16)24(22,23)18-20-10-8-19(9-11-20)12-13-21/h2-7,18,21H,8-13H2,1H3. The zero-order valence-corrected chi connectivity index (χ0v) is 14.6. The molecule has 0 aliphatic carbocycles. The lowest BCUT2D eigenvalue weighted by Gasteiger charge is -2.34. The summed E-state index contributed by atoms with van der Waals surface area (Å²) in [5.74, 6) is 0. The van der Waals surface area contributed by atoms with Gasteiger partial charge in [-0.05, 0) is 23.9 Å². The zero-order chi connectivity index (χ0) is 17.2. The largest absolute Gasteiger partial charge is 0.395 e. The molecule has 2 aromatic carbocycles. The second-order valence-corrected chi connectivity index (χ2v) is 7.70. The summed E-state index contributed by atoms with van der Waals surface area (Å²) in [7, 11) is -3.63. The second-order valence-electron chi connectivity index (χ2n) is 6.07. The Balaban J connectivity index is 1.81. The van der Waals surface area contributed by atoms with E-state index in [4.69, 9.17) is 5.11 Å². The Bertz CT molecular complexity index is 815. The molecule has 3 rings (SSSR count). The lowest BCUT2D eigenvalue weighted by molar-refractivity contribution is 0.0993. The normalized spacial score (nSPS) is 17.4. The molecule has 0 saturated carbocycles. The van der Waals surface area contributed by atoms with E-state index >= 15 is 0 Å². The van der Waals surface area contributed by atoms with Crippen LogP contribution in [-0.2, 0) is 10.0 Å². The van der Waals surface area contributed by atoms with Crippen LogP contribution < -0.4 is 4.83 Å². The van der Waals surface area contributed by atoms with E-state index in [9.17, 15) is 8.42 Å². The Morgan fingerprint density at radius 2 is 1.71 bits per heavy atom. The van der Waals surface area contributed by atoms with Gasteiger partial charge in [0.05, 0.1) is 11.5 Å². The van der Waals surface area contributed by atoms with Crippen molar-refractivity contribution in [3.63, 3.8) is 0 Å². The van der Waals surface area contributed by atoms with Crippen LogP contribution in [0.1, 0.15) is 5.56 Å². The average molecular weight is 349 g/mol. The van der Waals surface area contributed by atoms with Gasteiger partial charge in [-0.2, -0.15) is 0 Å². The molecule has 24 heavy (non-hydrogen) atoms. The Kier molecular flexibility index (Phi) is 5.17. The summed E-state index contributed by atoms with van der Waals surface area (Å²) in [4.78, 5) is 5.13. The lowest BCUT2D eigenvalue weighted by atomic mass is 10.1. The molecule has 0 bridgehead atoms. The number of hydrazine groups is 1. The number of aliphatic hydroxyl groups is 1. The Labute approximate surface area is 142 Å². The summed E-state index contributed by atoms with van der Waals surface area (Å²) in [6.07, 6.45) is 0. The summed E-state index contributed by atoms with van der Waals surface area (Å²) in [5.41, 5.74) is 1.06. The summed E-state index contributed by atoms with van der Waals surface area (Å²) in [6, 6.07) is 11.1. The van der Waals surface area contributed by atoms with Crippen molar-refractivity contribution in [3.8, 4) is 0 Å². The highest BCUT2D eigenvalue weighted by Crippen LogP contribution is 2.25. The number of aryl methyl sites for hydroxylation is 1. The minimum absolute atomic E-state index is 0.126. The van der Waals surface area contributed by atoms with Crippen molar-refractivity contribution in [1.29, 1.82) is 0 Å². The number of benzene rings is 2. The Morgan fingerprint density at radius 3 is 2.42 bits per heavy atom. The van der Waals surface area contributed by atoms with Crippen molar-refractivity contribution in [2.45, 2.75) is 11.8 Å². The zero-order valence-electron chi connectivity index (χ0n) is 13.8. The van der Waals surface area contributed by atoms with Gasteiger partial charge in [0.1, 0.15) is 0 Å². The number of aliphatic hydroxyl groups excluding tert-OH is 1. The van der Waals surface area contributed by atoms with Gasteiger partial charge in [-0.15, -0.1) is 4.83 Å². The molecule has 1 aliphatic rings. The highest BCUT2D eigenvalue weighted by molar-refractivity contribution is 7.89. The second kappa shape index (κ2) is 7.16. The number of nitrogens with zero attached hydrogens (tertiary/aromatic N) is 2. The third-order valence-corrected chi connectivity index (χ3v) is 5.86. The highest BCUT2D eigenvalue weighted by Gasteiger charge is 2.23. The van der Waals surface area contributed by atoms with E-state index in [2.05, 4.69) is 9.73 Å². The van der Waals surface area contributed by atoms with Crippen LogP contribution in [0.3, 0.4) is 0 Å². The summed E-state index contributed by atoms with van der Waals surface area (Å²) in [5, 5.41) is 12.4. The van der Waals surface area contributed by atoms with Crippen molar-refractivity contribution < 1.29 is 13.5 Å². The fraction of sp³-hybridized carbons (Fsp3) is 0.412. The maximum absolute atomic E-state index is 12.8. The van der Waals surface area contributed by atoms with E-state index in [-0.39, 0.29) is 6.61 Å². The van der Waals surface area contributed by atoms with Crippen molar-refractivity contribution >= 4 is 20.8 Å². The molecule has 0 amide bonds. The lowest BCUT2D eigenvalue weighted by Crippen LogP contribution is -2.53. The molecule has 7 heteroatoms. The summed E-state index contributed by atoms with van der Waals surface area (Å²) < 4.78 is 25.7. The summed E-state index contributed by atoms with van der Waals surface area (Å²) >= 11 is 0. The molecule has 0 radical (unpaired) electrons. The van der Waals surface area contributed by atoms with Gasteiger partial charge < -0.3 is 5.11 Å². The van der Waals surface area contributed by atoms with Gasteiger partial charge in [-0.3, -0.25) is 4.90 Å². The number of β-amino-alcohol motifs (C(OH)–C–C–N with tert-alkyl or cyclic N) is 1. The van der Waals surface area contributed by atoms with Gasteiger partial charge in [0.2, 0.25) is 0 Å². The molecule has 2 N–H and O–H groups in total. The Morgan fingerprint density at radius 1 is 1.04 bits per heavy atom. The van der Waals surface area contributed by atoms with Crippen molar-refractivity contribution in [3.05, 3.63) is 42.0 Å². The van der Waals surface area contributed by atoms with Crippen LogP contribution in [0.4, 0.5) is 0 Å². The first-order valence-electron chi connectivity index (χ1n) is 8.10. The highest BCUT2D eigenvalue weighted by atomic mass is 32.2. The van der Waals surface area contributed by atoms with Gasteiger partial charge >= 0.3 is 0 Å². The minimum atomic E-state index is -3.63. The van der Waals surface area contributed by atoms with Gasteiger partial charge in [0.15, 0.2) is 0 Å². The molecule has 0 unspecified atom stereocenters. The van der Waals surface area contributed by atoms with E-state index in [0.29, 0.717) is 24.5 Å². The molecule has 1 saturated heterocycles. The predicted octanol–water partition coefficient (Wildman–Crippen LogP) is 0.951. The van der Waals surface area contributed by atoms with Crippen LogP contribution in [0, 0.1) is 6.92 Å². The van der Waals surface area contributed by atoms with Crippen LogP contribution in [0.5, 0.6) is 0 Å². The maximum atomic E-state index is 12.8. The molecule has 2 aromatic rings. The third kappa shape index (κ3) is 3.60. The van der Waals surface area contributed by atoms with E-state index in [1.165, 1.54) is 0 Å². The van der Waals surface area contributed by atoms with Gasteiger partial charge in [0, 0.05) is 38.1 Å². The van der Waals surface area contributed by atoms with Crippen LogP contribution >= 0.6 is 0 Å². The van der Waals surface area contributed by atoms with Crippen molar-refractivity contribution in [2.24, 2.45) is 0 Å². The Hall–Kier alpha value is -1.51. The molecule has 0 atom stereocenters. The molecule has 1 aliphatic heterocycles. The topological polar surface area (TPSA) is 72.9 Å². The molecule has 0 aromatic heterocycles.